The van der Waals surface area contributed by atoms with Crippen LogP contribution >= 0.6 is 0 Å². The molecule has 1 aromatic heterocycles. The number of hydrogen-bond acceptors (Lipinski definition) is 4. The molecule has 1 saturated heterocycles. The molecule has 4 aromatic rings. The first kappa shape index (κ1) is 22.5. The summed E-state index contributed by atoms with van der Waals surface area (Å²) in [4.78, 5) is 10.0. The van der Waals surface area contributed by atoms with Gasteiger partial charge in [-0.3, -0.25) is 0 Å². The molecule has 1 aliphatic heterocycles. The van der Waals surface area contributed by atoms with E-state index in [1.54, 1.807) is 0 Å². The summed E-state index contributed by atoms with van der Waals surface area (Å²) in [6.07, 6.45) is 0. The van der Waals surface area contributed by atoms with Crippen molar-refractivity contribution in [2.24, 2.45) is 0 Å². The Morgan fingerprint density at radius 3 is 1.71 bits per heavy atom. The molecule has 170 valence electrons. The lowest BCUT2D eigenvalue weighted by Crippen LogP contribution is -2.41. The van der Waals surface area contributed by atoms with Crippen molar-refractivity contribution in [3.8, 4) is 33.9 Å². The van der Waals surface area contributed by atoms with Crippen molar-refractivity contribution in [2.75, 3.05) is 0 Å². The Labute approximate surface area is 202 Å². The van der Waals surface area contributed by atoms with Gasteiger partial charge in [-0.15, -0.1) is 0 Å². The SMILES string of the molecule is Cc1c(-c2ccccc2)nc(-c2ccccc2)nc1-c1cccc(B2OC(C)(C)C(C)(C)O2)c1. The van der Waals surface area contributed by atoms with E-state index in [2.05, 4.69) is 65.0 Å². The number of hydrogen-bond donors (Lipinski definition) is 0. The van der Waals surface area contributed by atoms with Crippen molar-refractivity contribution < 1.29 is 9.31 Å². The molecule has 1 aliphatic rings. The zero-order valence-corrected chi connectivity index (χ0v) is 20.4. The normalized spacial score (nSPS) is 16.6. The van der Waals surface area contributed by atoms with Crippen LogP contribution in [0.5, 0.6) is 0 Å². The van der Waals surface area contributed by atoms with Gasteiger partial charge in [0.2, 0.25) is 0 Å². The van der Waals surface area contributed by atoms with E-state index in [0.29, 0.717) is 5.82 Å². The maximum absolute atomic E-state index is 6.30. The topological polar surface area (TPSA) is 44.2 Å². The Balaban J connectivity index is 1.64. The number of rotatable bonds is 4. The number of benzene rings is 3. The van der Waals surface area contributed by atoms with Gasteiger partial charge in [-0.05, 0) is 40.1 Å². The molecule has 0 radical (unpaired) electrons. The highest BCUT2D eigenvalue weighted by Gasteiger charge is 2.51. The summed E-state index contributed by atoms with van der Waals surface area (Å²) in [5.41, 5.74) is 6.16. The molecule has 2 heterocycles. The summed E-state index contributed by atoms with van der Waals surface area (Å²) >= 11 is 0. The Kier molecular flexibility index (Phi) is 5.63. The molecule has 0 N–H and O–H groups in total. The van der Waals surface area contributed by atoms with Gasteiger partial charge in [0.1, 0.15) is 0 Å². The smallest absolute Gasteiger partial charge is 0.399 e. The van der Waals surface area contributed by atoms with Crippen molar-refractivity contribution in [2.45, 2.75) is 45.8 Å². The van der Waals surface area contributed by atoms with Crippen molar-refractivity contribution in [1.82, 2.24) is 9.97 Å². The van der Waals surface area contributed by atoms with E-state index in [4.69, 9.17) is 19.3 Å². The second kappa shape index (κ2) is 8.50. The molecule has 5 heteroatoms. The molecule has 0 unspecified atom stereocenters. The van der Waals surface area contributed by atoms with Crippen molar-refractivity contribution >= 4 is 12.6 Å². The average Bonchev–Trinajstić information content (AvgIpc) is 3.07. The lowest BCUT2D eigenvalue weighted by molar-refractivity contribution is 0.00578. The van der Waals surface area contributed by atoms with Crippen LogP contribution in [-0.4, -0.2) is 28.3 Å². The highest BCUT2D eigenvalue weighted by molar-refractivity contribution is 6.62. The quantitative estimate of drug-likeness (QED) is 0.355. The fraction of sp³-hybridized carbons (Fsp3) is 0.241. The molecular weight excluding hydrogens is 419 g/mol. The number of aromatic nitrogens is 2. The molecule has 3 aromatic carbocycles. The Bertz CT molecular complexity index is 1300. The van der Waals surface area contributed by atoms with E-state index < -0.39 is 7.12 Å². The summed E-state index contributed by atoms with van der Waals surface area (Å²) < 4.78 is 12.6. The van der Waals surface area contributed by atoms with Crippen molar-refractivity contribution in [3.05, 3.63) is 90.5 Å². The summed E-state index contributed by atoms with van der Waals surface area (Å²) in [6.45, 7) is 10.4. The molecule has 0 aliphatic carbocycles. The molecule has 4 nitrogen and oxygen atoms in total. The summed E-state index contributed by atoms with van der Waals surface area (Å²) in [7, 11) is -0.422. The number of nitrogens with zero attached hydrogens (tertiary/aromatic N) is 2. The third-order valence-corrected chi connectivity index (χ3v) is 6.91. The van der Waals surface area contributed by atoms with Gasteiger partial charge < -0.3 is 9.31 Å². The van der Waals surface area contributed by atoms with Gasteiger partial charge in [0.25, 0.3) is 0 Å². The maximum atomic E-state index is 6.30. The largest absolute Gasteiger partial charge is 0.494 e. The fourth-order valence-electron chi connectivity index (χ4n) is 4.20. The molecule has 0 saturated carbocycles. The van der Waals surface area contributed by atoms with Gasteiger partial charge in [0.05, 0.1) is 22.6 Å². The van der Waals surface area contributed by atoms with E-state index in [0.717, 1.165) is 39.1 Å². The first-order valence-corrected chi connectivity index (χ1v) is 11.7. The zero-order valence-electron chi connectivity index (χ0n) is 20.4. The molecule has 5 rings (SSSR count). The van der Waals surface area contributed by atoms with Gasteiger partial charge >= 0.3 is 7.12 Å². The van der Waals surface area contributed by atoms with Gasteiger partial charge in [0, 0.05) is 22.3 Å². The Morgan fingerprint density at radius 2 is 1.12 bits per heavy atom. The van der Waals surface area contributed by atoms with Gasteiger partial charge in [-0.2, -0.15) is 0 Å². The van der Waals surface area contributed by atoms with Gasteiger partial charge in [0.15, 0.2) is 5.82 Å². The van der Waals surface area contributed by atoms with Crippen LogP contribution in [0.4, 0.5) is 0 Å². The predicted molar refractivity (Wildman–Crippen MR) is 139 cm³/mol. The van der Waals surface area contributed by atoms with Gasteiger partial charge in [-0.25, -0.2) is 9.97 Å². The first-order valence-electron chi connectivity index (χ1n) is 11.7. The van der Waals surface area contributed by atoms with E-state index >= 15 is 0 Å². The molecule has 34 heavy (non-hydrogen) atoms. The summed E-state index contributed by atoms with van der Waals surface area (Å²) in [5, 5.41) is 0. The highest BCUT2D eigenvalue weighted by Crippen LogP contribution is 2.37. The van der Waals surface area contributed by atoms with Crippen LogP contribution in [0.3, 0.4) is 0 Å². The van der Waals surface area contributed by atoms with E-state index in [-0.39, 0.29) is 11.2 Å². The second-order valence-electron chi connectivity index (χ2n) is 9.82. The molecule has 1 fully saturated rings. The fourth-order valence-corrected chi connectivity index (χ4v) is 4.20. The third kappa shape index (κ3) is 4.06. The molecule has 0 atom stereocenters. The van der Waals surface area contributed by atoms with Crippen LogP contribution < -0.4 is 5.46 Å². The summed E-state index contributed by atoms with van der Waals surface area (Å²) in [6, 6.07) is 28.7. The van der Waals surface area contributed by atoms with Crippen LogP contribution in [0, 0.1) is 6.92 Å². The molecule has 0 bridgehead atoms. The van der Waals surface area contributed by atoms with Crippen LogP contribution in [0.1, 0.15) is 33.3 Å². The molecular formula is C29H29BN2O2. The Morgan fingerprint density at radius 1 is 0.618 bits per heavy atom. The monoisotopic (exact) mass is 448 g/mol. The Hall–Kier alpha value is -3.28. The molecule has 0 spiro atoms. The van der Waals surface area contributed by atoms with Crippen LogP contribution in [-0.2, 0) is 9.31 Å². The van der Waals surface area contributed by atoms with Crippen LogP contribution in [0.15, 0.2) is 84.9 Å². The first-order chi connectivity index (χ1) is 16.2. The standard InChI is InChI=1S/C29H29BN2O2/c1-20-25(21-13-8-6-9-14-21)31-27(22-15-10-7-11-16-22)32-26(20)23-17-12-18-24(19-23)30-33-28(2,3)29(4,5)34-30/h6-19H,1-5H3. The zero-order chi connectivity index (χ0) is 23.9. The minimum absolute atomic E-state index is 0.389. The lowest BCUT2D eigenvalue weighted by atomic mass is 9.78. The third-order valence-electron chi connectivity index (χ3n) is 6.91. The van der Waals surface area contributed by atoms with E-state index in [1.807, 2.05) is 54.6 Å². The predicted octanol–water partition coefficient (Wildman–Crippen LogP) is 6.09. The van der Waals surface area contributed by atoms with Crippen LogP contribution in [0.2, 0.25) is 0 Å². The highest BCUT2D eigenvalue weighted by atomic mass is 16.7. The average molecular weight is 448 g/mol. The van der Waals surface area contributed by atoms with Crippen molar-refractivity contribution in [1.29, 1.82) is 0 Å². The van der Waals surface area contributed by atoms with Gasteiger partial charge in [-0.1, -0.05) is 84.9 Å². The van der Waals surface area contributed by atoms with E-state index in [1.165, 1.54) is 0 Å². The van der Waals surface area contributed by atoms with Crippen LogP contribution in [0.25, 0.3) is 33.9 Å². The van der Waals surface area contributed by atoms with E-state index in [9.17, 15) is 0 Å². The molecule has 0 amide bonds. The minimum atomic E-state index is -0.422. The maximum Gasteiger partial charge on any atom is 0.494 e. The summed E-state index contributed by atoms with van der Waals surface area (Å²) in [5.74, 6) is 0.709. The van der Waals surface area contributed by atoms with Crippen molar-refractivity contribution in [3.63, 3.8) is 0 Å². The second-order valence-corrected chi connectivity index (χ2v) is 9.82. The lowest BCUT2D eigenvalue weighted by Gasteiger charge is -2.32. The minimum Gasteiger partial charge on any atom is -0.399 e.